The molecule has 2 rings (SSSR count). The Balaban J connectivity index is 2.08. The number of likely N-dealkylation sites (tertiary alicyclic amines) is 1. The van der Waals surface area contributed by atoms with Gasteiger partial charge in [-0.05, 0) is 43.0 Å². The lowest BCUT2D eigenvalue weighted by atomic mass is 10.0. The summed E-state index contributed by atoms with van der Waals surface area (Å²) in [5.41, 5.74) is 0.701. The van der Waals surface area contributed by atoms with Crippen LogP contribution in [0.5, 0.6) is 5.75 Å². The van der Waals surface area contributed by atoms with Gasteiger partial charge in [-0.15, -0.1) is 0 Å². The van der Waals surface area contributed by atoms with Gasteiger partial charge in [0.25, 0.3) is 0 Å². The van der Waals surface area contributed by atoms with Crippen LogP contribution in [-0.2, 0) is 9.59 Å². The normalized spacial score (nSPS) is 17.7. The Hall–Kier alpha value is -2.24. The second-order valence-corrected chi connectivity index (χ2v) is 6.03. The van der Waals surface area contributed by atoms with Crippen molar-refractivity contribution < 1.29 is 19.4 Å². The van der Waals surface area contributed by atoms with Crippen LogP contribution in [-0.4, -0.2) is 55.2 Å². The first-order valence-corrected chi connectivity index (χ1v) is 7.88. The van der Waals surface area contributed by atoms with Gasteiger partial charge in [0.05, 0.1) is 13.7 Å². The van der Waals surface area contributed by atoms with Gasteiger partial charge in [0.1, 0.15) is 12.3 Å². The highest BCUT2D eigenvalue weighted by Crippen LogP contribution is 2.20. The van der Waals surface area contributed by atoms with Crippen LogP contribution >= 0.6 is 0 Å². The molecule has 1 atom stereocenters. The number of piperidine rings is 1. The summed E-state index contributed by atoms with van der Waals surface area (Å²) < 4.78 is 5.11. The number of carbonyl (C=O) groups excluding carboxylic acids is 1. The summed E-state index contributed by atoms with van der Waals surface area (Å²) in [5.74, 6) is 0.219. The third-order valence-corrected chi connectivity index (χ3v) is 4.10. The van der Waals surface area contributed by atoms with Crippen LogP contribution in [0, 0.1) is 5.92 Å². The molecular weight excluding hydrogens is 296 g/mol. The lowest BCUT2D eigenvalue weighted by Crippen LogP contribution is -2.45. The molecule has 1 aliphatic heterocycles. The van der Waals surface area contributed by atoms with Crippen molar-refractivity contribution >= 4 is 17.6 Å². The molecule has 1 saturated heterocycles. The molecule has 1 fully saturated rings. The van der Waals surface area contributed by atoms with Gasteiger partial charge in [0, 0.05) is 18.8 Å². The molecule has 1 amide bonds. The predicted molar refractivity (Wildman–Crippen MR) is 87.8 cm³/mol. The van der Waals surface area contributed by atoms with E-state index in [9.17, 15) is 9.59 Å². The Bertz CT molecular complexity index is 544. The molecule has 1 aromatic carbocycles. The van der Waals surface area contributed by atoms with Crippen molar-refractivity contribution in [2.45, 2.75) is 19.8 Å². The van der Waals surface area contributed by atoms with Crippen molar-refractivity contribution in [2.75, 3.05) is 38.2 Å². The monoisotopic (exact) mass is 320 g/mol. The molecule has 0 bridgehead atoms. The molecule has 126 valence electrons. The Morgan fingerprint density at radius 2 is 2.00 bits per heavy atom. The van der Waals surface area contributed by atoms with E-state index in [0.29, 0.717) is 17.4 Å². The number of benzene rings is 1. The molecule has 0 aliphatic carbocycles. The quantitative estimate of drug-likeness (QED) is 0.866. The first kappa shape index (κ1) is 17.1. The van der Waals surface area contributed by atoms with Crippen LogP contribution in [0.1, 0.15) is 19.8 Å². The molecule has 0 radical (unpaired) electrons. The van der Waals surface area contributed by atoms with E-state index in [0.717, 1.165) is 25.9 Å². The van der Waals surface area contributed by atoms with Crippen molar-refractivity contribution in [3.05, 3.63) is 24.3 Å². The van der Waals surface area contributed by atoms with Crippen LogP contribution in [0.15, 0.2) is 24.3 Å². The molecule has 0 spiro atoms. The summed E-state index contributed by atoms with van der Waals surface area (Å²) >= 11 is 0. The number of anilines is 1. The standard InChI is InChI=1S/C17H24N2O4/c1-13-4-3-9-18(10-13)16(20)11-19(12-17(21)22)14-5-7-15(23-2)8-6-14/h5-8,13H,3-4,9-12H2,1-2H3,(H,21,22)/t13-/m1/s1. The number of amides is 1. The van der Waals surface area contributed by atoms with E-state index in [-0.39, 0.29) is 19.0 Å². The van der Waals surface area contributed by atoms with Gasteiger partial charge in [0.2, 0.25) is 5.91 Å². The van der Waals surface area contributed by atoms with Crippen molar-refractivity contribution in [3.8, 4) is 5.75 Å². The van der Waals surface area contributed by atoms with E-state index in [1.807, 2.05) is 4.90 Å². The number of carbonyl (C=O) groups is 2. The molecule has 0 saturated carbocycles. The van der Waals surface area contributed by atoms with E-state index < -0.39 is 5.97 Å². The third-order valence-electron chi connectivity index (χ3n) is 4.10. The molecule has 0 unspecified atom stereocenters. The van der Waals surface area contributed by atoms with Crippen molar-refractivity contribution in [3.63, 3.8) is 0 Å². The largest absolute Gasteiger partial charge is 0.497 e. The molecule has 6 nitrogen and oxygen atoms in total. The summed E-state index contributed by atoms with van der Waals surface area (Å²) in [6.45, 7) is 3.51. The highest BCUT2D eigenvalue weighted by Gasteiger charge is 2.23. The van der Waals surface area contributed by atoms with E-state index in [2.05, 4.69) is 6.92 Å². The maximum atomic E-state index is 12.5. The Morgan fingerprint density at radius 1 is 1.30 bits per heavy atom. The van der Waals surface area contributed by atoms with E-state index in [4.69, 9.17) is 9.84 Å². The summed E-state index contributed by atoms with van der Waals surface area (Å²) in [6, 6.07) is 7.07. The molecule has 6 heteroatoms. The predicted octanol–water partition coefficient (Wildman–Crippen LogP) is 1.84. The van der Waals surface area contributed by atoms with E-state index in [1.165, 1.54) is 0 Å². The lowest BCUT2D eigenvalue weighted by molar-refractivity contribution is -0.135. The molecular formula is C17H24N2O4. The van der Waals surface area contributed by atoms with Crippen LogP contribution in [0.25, 0.3) is 0 Å². The van der Waals surface area contributed by atoms with E-state index >= 15 is 0 Å². The lowest BCUT2D eigenvalue weighted by Gasteiger charge is -2.33. The number of hydrogen-bond acceptors (Lipinski definition) is 4. The molecule has 1 aliphatic rings. The number of carboxylic acid groups (broad SMARTS) is 1. The maximum Gasteiger partial charge on any atom is 0.323 e. The fraction of sp³-hybridized carbons (Fsp3) is 0.529. The first-order valence-electron chi connectivity index (χ1n) is 7.88. The fourth-order valence-electron chi connectivity index (χ4n) is 2.87. The topological polar surface area (TPSA) is 70.1 Å². The molecule has 1 aromatic rings. The van der Waals surface area contributed by atoms with Gasteiger partial charge >= 0.3 is 5.97 Å². The Morgan fingerprint density at radius 3 is 2.57 bits per heavy atom. The van der Waals surface area contributed by atoms with Crippen LogP contribution in [0.4, 0.5) is 5.69 Å². The smallest absolute Gasteiger partial charge is 0.323 e. The Kier molecular flexibility index (Phi) is 5.84. The summed E-state index contributed by atoms with van der Waals surface area (Å²) in [5, 5.41) is 9.12. The minimum Gasteiger partial charge on any atom is -0.497 e. The van der Waals surface area contributed by atoms with Crippen LogP contribution < -0.4 is 9.64 Å². The molecule has 1 N–H and O–H groups in total. The zero-order valence-corrected chi connectivity index (χ0v) is 13.7. The van der Waals surface area contributed by atoms with Crippen molar-refractivity contribution in [1.82, 2.24) is 4.90 Å². The van der Waals surface area contributed by atoms with Crippen molar-refractivity contribution in [1.29, 1.82) is 0 Å². The fourth-order valence-corrected chi connectivity index (χ4v) is 2.87. The first-order chi connectivity index (χ1) is 11.0. The molecule has 1 heterocycles. The van der Waals surface area contributed by atoms with Gasteiger partial charge in [-0.2, -0.15) is 0 Å². The number of hydrogen-bond donors (Lipinski definition) is 1. The summed E-state index contributed by atoms with van der Waals surface area (Å²) in [6.07, 6.45) is 2.15. The zero-order valence-electron chi connectivity index (χ0n) is 13.7. The molecule has 23 heavy (non-hydrogen) atoms. The number of ether oxygens (including phenoxy) is 1. The number of rotatable bonds is 6. The average molecular weight is 320 g/mol. The number of nitrogens with zero attached hydrogens (tertiary/aromatic N) is 2. The van der Waals surface area contributed by atoms with Crippen LogP contribution in [0.2, 0.25) is 0 Å². The molecule has 0 aromatic heterocycles. The van der Waals surface area contributed by atoms with Gasteiger partial charge in [-0.1, -0.05) is 6.92 Å². The SMILES string of the molecule is COc1ccc(N(CC(=O)O)CC(=O)N2CCC[C@@H](C)C2)cc1. The van der Waals surface area contributed by atoms with Gasteiger partial charge in [-0.3, -0.25) is 9.59 Å². The van der Waals surface area contributed by atoms with Crippen LogP contribution in [0.3, 0.4) is 0 Å². The third kappa shape index (κ3) is 4.87. The maximum absolute atomic E-state index is 12.5. The van der Waals surface area contributed by atoms with Gasteiger partial charge < -0.3 is 19.6 Å². The average Bonchev–Trinajstić information content (AvgIpc) is 2.54. The summed E-state index contributed by atoms with van der Waals surface area (Å²) in [7, 11) is 1.57. The zero-order chi connectivity index (χ0) is 16.8. The highest BCUT2D eigenvalue weighted by molar-refractivity contribution is 5.84. The Labute approximate surface area is 136 Å². The number of methoxy groups -OCH3 is 1. The number of carboxylic acids is 1. The second-order valence-electron chi connectivity index (χ2n) is 6.03. The summed E-state index contributed by atoms with van der Waals surface area (Å²) in [4.78, 5) is 27.0. The van der Waals surface area contributed by atoms with Gasteiger partial charge in [0.15, 0.2) is 0 Å². The minimum atomic E-state index is -0.958. The highest BCUT2D eigenvalue weighted by atomic mass is 16.5. The van der Waals surface area contributed by atoms with Crippen molar-refractivity contribution in [2.24, 2.45) is 5.92 Å². The minimum absolute atomic E-state index is 0.0198. The van der Waals surface area contributed by atoms with Gasteiger partial charge in [-0.25, -0.2) is 0 Å². The van der Waals surface area contributed by atoms with E-state index in [1.54, 1.807) is 36.3 Å². The second kappa shape index (κ2) is 7.85. The number of aliphatic carboxylic acids is 1.